The van der Waals surface area contributed by atoms with Gasteiger partial charge in [0.2, 0.25) is 0 Å². The molecule has 0 unspecified atom stereocenters. The molecule has 22 heavy (non-hydrogen) atoms. The molecule has 0 saturated carbocycles. The third kappa shape index (κ3) is 4.48. The second-order valence-corrected chi connectivity index (χ2v) is 6.04. The monoisotopic (exact) mass is 326 g/mol. The highest BCUT2D eigenvalue weighted by Crippen LogP contribution is 2.28. The third-order valence-electron chi connectivity index (χ3n) is 2.78. The van der Waals surface area contributed by atoms with Crippen LogP contribution in [0.25, 0.3) is 0 Å². The van der Waals surface area contributed by atoms with Crippen molar-refractivity contribution in [1.82, 2.24) is 0 Å². The second-order valence-electron chi connectivity index (χ2n) is 4.43. The van der Waals surface area contributed by atoms with E-state index in [1.807, 2.05) is 84.9 Å². The Bertz CT molecular complexity index is 623. The standard InChI is InChI=1S/C18H14O2S2/c1-3-7-17(8-4-1)21-19-15-11-13-16(14-12-15)20-22-18-9-5-2-6-10-18/h1-14H. The van der Waals surface area contributed by atoms with Crippen molar-refractivity contribution in [3.63, 3.8) is 0 Å². The fourth-order valence-electron chi connectivity index (χ4n) is 1.70. The van der Waals surface area contributed by atoms with Gasteiger partial charge in [-0.25, -0.2) is 0 Å². The van der Waals surface area contributed by atoms with Crippen LogP contribution in [0.1, 0.15) is 0 Å². The highest BCUT2D eigenvalue weighted by atomic mass is 32.2. The topological polar surface area (TPSA) is 18.5 Å². The van der Waals surface area contributed by atoms with Crippen LogP contribution in [0, 0.1) is 0 Å². The molecule has 0 aromatic heterocycles. The van der Waals surface area contributed by atoms with Crippen molar-refractivity contribution < 1.29 is 8.37 Å². The molecule has 0 radical (unpaired) electrons. The molecule has 3 aromatic rings. The van der Waals surface area contributed by atoms with E-state index in [1.54, 1.807) is 0 Å². The summed E-state index contributed by atoms with van der Waals surface area (Å²) in [6.07, 6.45) is 0. The van der Waals surface area contributed by atoms with Gasteiger partial charge >= 0.3 is 0 Å². The summed E-state index contributed by atoms with van der Waals surface area (Å²) in [7, 11) is 0. The van der Waals surface area contributed by atoms with Gasteiger partial charge in [-0.05, 0) is 48.5 Å². The Kier molecular flexibility index (Phi) is 5.29. The average molecular weight is 326 g/mol. The maximum atomic E-state index is 5.66. The third-order valence-corrected chi connectivity index (χ3v) is 4.26. The molecule has 0 N–H and O–H groups in total. The molecule has 0 atom stereocenters. The van der Waals surface area contributed by atoms with Crippen LogP contribution in [0.5, 0.6) is 11.5 Å². The number of hydrogen-bond donors (Lipinski definition) is 0. The Morgan fingerprint density at radius 3 is 1.18 bits per heavy atom. The van der Waals surface area contributed by atoms with Gasteiger partial charge in [-0.3, -0.25) is 0 Å². The van der Waals surface area contributed by atoms with Crippen LogP contribution < -0.4 is 8.37 Å². The van der Waals surface area contributed by atoms with Gasteiger partial charge in [0.15, 0.2) is 0 Å². The number of hydrogen-bond acceptors (Lipinski definition) is 4. The molecule has 0 heterocycles. The molecule has 0 saturated heterocycles. The first-order valence-electron chi connectivity index (χ1n) is 6.79. The molecule has 0 aliphatic heterocycles. The fraction of sp³-hybridized carbons (Fsp3) is 0. The zero-order valence-electron chi connectivity index (χ0n) is 11.7. The fourth-order valence-corrected chi connectivity index (χ4v) is 2.84. The first-order chi connectivity index (χ1) is 10.9. The molecule has 0 amide bonds. The van der Waals surface area contributed by atoms with E-state index in [9.17, 15) is 0 Å². The Hall–Kier alpha value is -2.04. The van der Waals surface area contributed by atoms with Crippen molar-refractivity contribution >= 4 is 24.1 Å². The van der Waals surface area contributed by atoms with Gasteiger partial charge in [-0.1, -0.05) is 36.4 Å². The lowest BCUT2D eigenvalue weighted by Gasteiger charge is -2.06. The maximum Gasteiger partial charge on any atom is 0.138 e. The van der Waals surface area contributed by atoms with Crippen LogP contribution >= 0.6 is 24.1 Å². The molecule has 3 rings (SSSR count). The lowest BCUT2D eigenvalue weighted by Crippen LogP contribution is -1.84. The molecule has 0 spiro atoms. The Balaban J connectivity index is 1.52. The smallest absolute Gasteiger partial charge is 0.138 e. The quantitative estimate of drug-likeness (QED) is 0.528. The lowest BCUT2D eigenvalue weighted by molar-refractivity contribution is 0.627. The van der Waals surface area contributed by atoms with Crippen LogP contribution in [0.3, 0.4) is 0 Å². The van der Waals surface area contributed by atoms with Crippen LogP contribution in [0.15, 0.2) is 94.7 Å². The molecule has 2 nitrogen and oxygen atoms in total. The first-order valence-corrected chi connectivity index (χ1v) is 8.28. The molecule has 110 valence electrons. The summed E-state index contributed by atoms with van der Waals surface area (Å²) in [5.74, 6) is 1.59. The Morgan fingerprint density at radius 2 is 0.818 bits per heavy atom. The van der Waals surface area contributed by atoms with Crippen molar-refractivity contribution in [3.8, 4) is 11.5 Å². The summed E-state index contributed by atoms with van der Waals surface area (Å²) in [5.41, 5.74) is 0. The highest BCUT2D eigenvalue weighted by Gasteiger charge is 2.00. The van der Waals surface area contributed by atoms with E-state index in [0.29, 0.717) is 0 Å². The minimum atomic E-state index is 0.797. The van der Waals surface area contributed by atoms with Crippen molar-refractivity contribution in [1.29, 1.82) is 0 Å². The summed E-state index contributed by atoms with van der Waals surface area (Å²) in [6.45, 7) is 0. The molecular formula is C18H14O2S2. The molecule has 0 bridgehead atoms. The van der Waals surface area contributed by atoms with Crippen molar-refractivity contribution in [3.05, 3.63) is 84.9 Å². The van der Waals surface area contributed by atoms with E-state index in [-0.39, 0.29) is 0 Å². The second kappa shape index (κ2) is 7.82. The van der Waals surface area contributed by atoms with Crippen LogP contribution in [-0.2, 0) is 0 Å². The van der Waals surface area contributed by atoms with Gasteiger partial charge in [-0.15, -0.1) is 0 Å². The van der Waals surface area contributed by atoms with Crippen molar-refractivity contribution in [2.45, 2.75) is 9.79 Å². The van der Waals surface area contributed by atoms with E-state index < -0.39 is 0 Å². The lowest BCUT2D eigenvalue weighted by atomic mass is 10.3. The molecule has 0 fully saturated rings. The van der Waals surface area contributed by atoms with Gasteiger partial charge < -0.3 is 8.37 Å². The summed E-state index contributed by atoms with van der Waals surface area (Å²) in [5, 5.41) is 0. The minimum absolute atomic E-state index is 0.797. The van der Waals surface area contributed by atoms with E-state index in [0.717, 1.165) is 21.3 Å². The first kappa shape index (κ1) is 14.9. The van der Waals surface area contributed by atoms with Gasteiger partial charge in [0.25, 0.3) is 0 Å². The van der Waals surface area contributed by atoms with Crippen LogP contribution in [-0.4, -0.2) is 0 Å². The molecule has 0 aliphatic carbocycles. The summed E-state index contributed by atoms with van der Waals surface area (Å²) in [4.78, 5) is 2.14. The normalized spacial score (nSPS) is 10.2. The van der Waals surface area contributed by atoms with Crippen LogP contribution in [0.4, 0.5) is 0 Å². The zero-order valence-corrected chi connectivity index (χ0v) is 13.3. The zero-order chi connectivity index (χ0) is 15.0. The summed E-state index contributed by atoms with van der Waals surface area (Å²) in [6, 6.07) is 27.6. The average Bonchev–Trinajstić information content (AvgIpc) is 2.61. The van der Waals surface area contributed by atoms with Crippen LogP contribution in [0.2, 0.25) is 0 Å². The van der Waals surface area contributed by atoms with E-state index >= 15 is 0 Å². The van der Waals surface area contributed by atoms with Crippen molar-refractivity contribution in [2.75, 3.05) is 0 Å². The van der Waals surface area contributed by atoms with E-state index in [4.69, 9.17) is 8.37 Å². The van der Waals surface area contributed by atoms with Gasteiger partial charge in [0.1, 0.15) is 11.5 Å². The van der Waals surface area contributed by atoms with Gasteiger partial charge in [0.05, 0.1) is 24.1 Å². The molecular weight excluding hydrogens is 312 g/mol. The highest BCUT2D eigenvalue weighted by molar-refractivity contribution is 7.95. The predicted molar refractivity (Wildman–Crippen MR) is 92.3 cm³/mol. The number of benzene rings is 3. The maximum absolute atomic E-state index is 5.66. The minimum Gasteiger partial charge on any atom is -0.421 e. The Labute approximate surface area is 138 Å². The van der Waals surface area contributed by atoms with E-state index in [2.05, 4.69) is 0 Å². The van der Waals surface area contributed by atoms with Gasteiger partial charge in [-0.2, -0.15) is 0 Å². The van der Waals surface area contributed by atoms with Crippen molar-refractivity contribution in [2.24, 2.45) is 0 Å². The largest absolute Gasteiger partial charge is 0.421 e. The summed E-state index contributed by atoms with van der Waals surface area (Å²) >= 11 is 2.69. The number of rotatable bonds is 6. The van der Waals surface area contributed by atoms with E-state index in [1.165, 1.54) is 24.1 Å². The molecule has 3 aromatic carbocycles. The SMILES string of the molecule is c1ccc(SOc2ccc(OSc3ccccc3)cc2)cc1. The summed E-state index contributed by atoms with van der Waals surface area (Å²) < 4.78 is 11.3. The molecule has 0 aliphatic rings. The molecule has 4 heteroatoms. The Morgan fingerprint density at radius 1 is 0.455 bits per heavy atom. The predicted octanol–water partition coefficient (Wildman–Crippen LogP) is 5.86. The van der Waals surface area contributed by atoms with Gasteiger partial charge in [0, 0.05) is 9.79 Å².